The van der Waals surface area contributed by atoms with Crippen molar-refractivity contribution in [1.82, 2.24) is 0 Å². The van der Waals surface area contributed by atoms with E-state index >= 15 is 0 Å². The number of carbonyl (C=O) groups excluding carboxylic acids is 2. The van der Waals surface area contributed by atoms with Crippen molar-refractivity contribution in [2.75, 3.05) is 20.3 Å². The van der Waals surface area contributed by atoms with Crippen molar-refractivity contribution in [3.05, 3.63) is 29.3 Å². The summed E-state index contributed by atoms with van der Waals surface area (Å²) in [6.07, 6.45) is 3.53. The Hall–Kier alpha value is -1.88. The zero-order chi connectivity index (χ0) is 30.0. The third-order valence-electron chi connectivity index (χ3n) is 9.72. The molecule has 0 aromatic heterocycles. The molecule has 3 rings (SSSR count). The highest BCUT2D eigenvalue weighted by Gasteiger charge is 2.55. The zero-order valence-corrected chi connectivity index (χ0v) is 27.1. The Morgan fingerprint density at radius 1 is 1.02 bits per heavy atom. The number of Topliss-reactive ketones (excluding diaryl/α,β-unsaturated/α-hetero) is 1. The summed E-state index contributed by atoms with van der Waals surface area (Å²) in [5.41, 5.74) is 1.31. The molecule has 226 valence electrons. The Balaban J connectivity index is 2.02. The van der Waals surface area contributed by atoms with Crippen molar-refractivity contribution in [1.29, 1.82) is 0 Å². The molecule has 5 nitrogen and oxygen atoms in total. The summed E-state index contributed by atoms with van der Waals surface area (Å²) < 4.78 is 17.5. The summed E-state index contributed by atoms with van der Waals surface area (Å²) in [4.78, 5) is 27.5. The predicted octanol–water partition coefficient (Wildman–Crippen LogP) is 8.02. The van der Waals surface area contributed by atoms with E-state index in [0.717, 1.165) is 42.6 Å². The summed E-state index contributed by atoms with van der Waals surface area (Å²) in [6.45, 7) is 22.4. The molecule has 6 atom stereocenters. The Labute approximate surface area is 244 Å². The van der Waals surface area contributed by atoms with Crippen LogP contribution in [0.2, 0.25) is 0 Å². The molecule has 1 aromatic carbocycles. The topological polar surface area (TPSA) is 61.8 Å². The van der Waals surface area contributed by atoms with Crippen LogP contribution >= 0.6 is 0 Å². The van der Waals surface area contributed by atoms with Crippen molar-refractivity contribution in [3.8, 4) is 5.75 Å². The first kappa shape index (κ1) is 32.6. The molecule has 0 N–H and O–H groups in total. The van der Waals surface area contributed by atoms with Gasteiger partial charge in [-0.3, -0.25) is 9.59 Å². The van der Waals surface area contributed by atoms with E-state index in [1.54, 1.807) is 7.11 Å². The maximum atomic E-state index is 14.0. The van der Waals surface area contributed by atoms with Gasteiger partial charge in [0.1, 0.15) is 17.1 Å². The molecule has 2 fully saturated rings. The molecule has 2 saturated carbocycles. The van der Waals surface area contributed by atoms with E-state index in [-0.39, 0.29) is 35.1 Å². The minimum absolute atomic E-state index is 0.0362. The van der Waals surface area contributed by atoms with E-state index in [1.165, 1.54) is 0 Å². The van der Waals surface area contributed by atoms with Gasteiger partial charge in [0.15, 0.2) is 0 Å². The van der Waals surface area contributed by atoms with Crippen LogP contribution in [0.15, 0.2) is 18.2 Å². The standard InChI is InChI=1S/C35H56O5/c1-21(2)26-17-25(29-20-27(22(3)4)32(36)35(29,9)10)18-28(33(37)40-34(6,7)8)31(26)24-14-13-23(5)30(19-24)39-16-12-15-38-11/h13-14,19,21-22,25-29,31H,12,15-18,20H2,1-11H3/t25-,26?,27?,28?,29+,31?/m1/s1. The van der Waals surface area contributed by atoms with Crippen molar-refractivity contribution >= 4 is 11.8 Å². The SMILES string of the molecule is COCCCOc1cc(C2C(C(=O)OC(C)(C)C)C[C@H]([C@@H]3CC(C(C)C)C(=O)C3(C)C)CC2C(C)C)ccc1C. The molecule has 0 saturated heterocycles. The Bertz CT molecular complexity index is 1020. The van der Waals surface area contributed by atoms with E-state index in [9.17, 15) is 9.59 Å². The first-order valence-electron chi connectivity index (χ1n) is 15.6. The smallest absolute Gasteiger partial charge is 0.310 e. The Morgan fingerprint density at radius 3 is 2.25 bits per heavy atom. The van der Waals surface area contributed by atoms with Crippen LogP contribution in [0.5, 0.6) is 5.75 Å². The predicted molar refractivity (Wildman–Crippen MR) is 162 cm³/mol. The van der Waals surface area contributed by atoms with Gasteiger partial charge in [0.2, 0.25) is 0 Å². The van der Waals surface area contributed by atoms with Crippen molar-refractivity contribution in [2.24, 2.45) is 46.8 Å². The highest BCUT2D eigenvalue weighted by atomic mass is 16.6. The normalized spacial score (nSPS) is 28.8. The molecule has 0 aliphatic heterocycles. The molecular formula is C35H56O5. The summed E-state index contributed by atoms with van der Waals surface area (Å²) in [5.74, 6) is 2.63. The molecule has 5 heteroatoms. The van der Waals surface area contributed by atoms with Gasteiger partial charge in [0, 0.05) is 37.4 Å². The van der Waals surface area contributed by atoms with E-state index in [4.69, 9.17) is 14.2 Å². The average molecular weight is 557 g/mol. The number of rotatable bonds is 10. The number of esters is 1. The van der Waals surface area contributed by atoms with Gasteiger partial charge in [-0.25, -0.2) is 0 Å². The lowest BCUT2D eigenvalue weighted by atomic mass is 9.57. The molecule has 0 radical (unpaired) electrons. The van der Waals surface area contributed by atoms with Gasteiger partial charge < -0.3 is 14.2 Å². The van der Waals surface area contributed by atoms with Gasteiger partial charge in [-0.15, -0.1) is 0 Å². The number of benzene rings is 1. The van der Waals surface area contributed by atoms with Crippen LogP contribution in [-0.2, 0) is 19.1 Å². The Morgan fingerprint density at radius 2 is 1.70 bits per heavy atom. The monoisotopic (exact) mass is 556 g/mol. The molecule has 2 aliphatic carbocycles. The largest absolute Gasteiger partial charge is 0.493 e. The van der Waals surface area contributed by atoms with E-state index in [0.29, 0.717) is 42.7 Å². The zero-order valence-electron chi connectivity index (χ0n) is 27.1. The van der Waals surface area contributed by atoms with Gasteiger partial charge in [-0.05, 0) is 93.7 Å². The molecule has 4 unspecified atom stereocenters. The first-order chi connectivity index (χ1) is 18.6. The van der Waals surface area contributed by atoms with Crippen molar-refractivity contribution in [3.63, 3.8) is 0 Å². The van der Waals surface area contributed by atoms with Crippen molar-refractivity contribution < 1.29 is 23.8 Å². The van der Waals surface area contributed by atoms with Crippen LogP contribution < -0.4 is 4.74 Å². The van der Waals surface area contributed by atoms with E-state index in [1.807, 2.05) is 20.8 Å². The summed E-state index contributed by atoms with van der Waals surface area (Å²) >= 11 is 0. The molecule has 0 amide bonds. The lowest BCUT2D eigenvalue weighted by Crippen LogP contribution is -2.44. The first-order valence-corrected chi connectivity index (χ1v) is 15.6. The van der Waals surface area contributed by atoms with Crippen molar-refractivity contribution in [2.45, 2.75) is 106 Å². The van der Waals surface area contributed by atoms with Crippen LogP contribution in [0.25, 0.3) is 0 Å². The minimum atomic E-state index is -0.559. The number of ketones is 1. The fourth-order valence-electron chi connectivity index (χ4n) is 7.54. The van der Waals surface area contributed by atoms with E-state index in [2.05, 4.69) is 66.7 Å². The van der Waals surface area contributed by atoms with Gasteiger partial charge >= 0.3 is 5.97 Å². The molecule has 1 aromatic rings. The quantitative estimate of drug-likeness (QED) is 0.216. The molecular weight excluding hydrogens is 500 g/mol. The lowest BCUT2D eigenvalue weighted by Gasteiger charge is -2.47. The third-order valence-corrected chi connectivity index (χ3v) is 9.72. The summed E-state index contributed by atoms with van der Waals surface area (Å²) in [7, 11) is 1.71. The lowest BCUT2D eigenvalue weighted by molar-refractivity contribution is -0.164. The van der Waals surface area contributed by atoms with Crippen LogP contribution in [-0.4, -0.2) is 37.7 Å². The fourth-order valence-corrected chi connectivity index (χ4v) is 7.54. The molecule has 0 spiro atoms. The van der Waals surface area contributed by atoms with E-state index < -0.39 is 5.60 Å². The Kier molecular flexibility index (Phi) is 10.6. The van der Waals surface area contributed by atoms with Gasteiger partial charge in [0.25, 0.3) is 0 Å². The van der Waals surface area contributed by atoms with Crippen LogP contribution in [0.1, 0.15) is 105 Å². The number of hydrogen-bond acceptors (Lipinski definition) is 5. The van der Waals surface area contributed by atoms with Gasteiger partial charge in [-0.1, -0.05) is 53.7 Å². The number of aryl methyl sites for hydroxylation is 1. The highest BCUT2D eigenvalue weighted by molar-refractivity contribution is 5.89. The maximum absolute atomic E-state index is 14.0. The van der Waals surface area contributed by atoms with Crippen LogP contribution in [0, 0.1) is 53.8 Å². The number of ether oxygens (including phenoxy) is 3. The third kappa shape index (κ3) is 7.30. The number of carbonyl (C=O) groups is 2. The second-order valence-electron chi connectivity index (χ2n) is 14.8. The second kappa shape index (κ2) is 13.0. The fraction of sp³-hybridized carbons (Fsp3) is 0.771. The van der Waals surface area contributed by atoms with Gasteiger partial charge in [0.05, 0.1) is 12.5 Å². The molecule has 0 bridgehead atoms. The average Bonchev–Trinajstić information content (AvgIpc) is 3.10. The number of hydrogen-bond donors (Lipinski definition) is 0. The molecule has 40 heavy (non-hydrogen) atoms. The summed E-state index contributed by atoms with van der Waals surface area (Å²) in [5, 5.41) is 0. The molecule has 0 heterocycles. The minimum Gasteiger partial charge on any atom is -0.493 e. The highest BCUT2D eigenvalue weighted by Crippen LogP contribution is 2.57. The second-order valence-corrected chi connectivity index (χ2v) is 14.8. The van der Waals surface area contributed by atoms with Crippen LogP contribution in [0.4, 0.5) is 0 Å². The van der Waals surface area contributed by atoms with Crippen LogP contribution in [0.3, 0.4) is 0 Å². The molecule has 2 aliphatic rings. The van der Waals surface area contributed by atoms with Gasteiger partial charge in [-0.2, -0.15) is 0 Å². The maximum Gasteiger partial charge on any atom is 0.310 e. The number of methoxy groups -OCH3 is 1. The summed E-state index contributed by atoms with van der Waals surface area (Å²) in [6, 6.07) is 6.48.